The summed E-state index contributed by atoms with van der Waals surface area (Å²) in [5.41, 5.74) is 0.745. The minimum absolute atomic E-state index is 0.244. The molecule has 14 heavy (non-hydrogen) atoms. The Morgan fingerprint density at radius 2 is 2.43 bits per heavy atom. The number of aldehydes is 1. The molecule has 0 aliphatic rings. The van der Waals surface area contributed by atoms with E-state index in [9.17, 15) is 4.79 Å². The number of fused-ring (bicyclic) bond motifs is 1. The van der Waals surface area contributed by atoms with E-state index in [4.69, 9.17) is 0 Å². The molecule has 0 amide bonds. The van der Waals surface area contributed by atoms with Crippen molar-refractivity contribution in [3.8, 4) is 11.8 Å². The number of rotatable bonds is 1. The van der Waals surface area contributed by atoms with Crippen molar-refractivity contribution in [1.82, 2.24) is 14.4 Å². The molecule has 2 rings (SSSR count). The van der Waals surface area contributed by atoms with Crippen molar-refractivity contribution in [2.75, 3.05) is 0 Å². The molecule has 0 aliphatic heterocycles. The van der Waals surface area contributed by atoms with Gasteiger partial charge in [-0.3, -0.25) is 4.40 Å². The zero-order valence-electron chi connectivity index (χ0n) is 7.34. The van der Waals surface area contributed by atoms with Gasteiger partial charge in [0.25, 0.3) is 0 Å². The molecule has 68 valence electrons. The van der Waals surface area contributed by atoms with Gasteiger partial charge in [0.2, 0.25) is 5.78 Å². The Balaban J connectivity index is 2.44. The molecule has 0 unspecified atom stereocenters. The van der Waals surface area contributed by atoms with Crippen LogP contribution in [0.1, 0.15) is 12.1 Å². The second-order valence-corrected chi connectivity index (χ2v) is 2.61. The fraction of sp³-hybridized carbons (Fsp3) is 0.100. The lowest BCUT2D eigenvalue weighted by atomic mass is 10.4. The zero-order valence-corrected chi connectivity index (χ0v) is 7.34. The van der Waals surface area contributed by atoms with Crippen LogP contribution in [0.4, 0.5) is 0 Å². The Hall–Kier alpha value is -2.15. The highest BCUT2D eigenvalue weighted by Crippen LogP contribution is 2.01. The first-order valence-corrected chi connectivity index (χ1v) is 4.12. The fourth-order valence-corrected chi connectivity index (χ4v) is 1.10. The lowest BCUT2D eigenvalue weighted by molar-refractivity contribution is -0.107. The van der Waals surface area contributed by atoms with E-state index in [1.165, 1.54) is 0 Å². The Morgan fingerprint density at radius 3 is 3.29 bits per heavy atom. The van der Waals surface area contributed by atoms with Crippen LogP contribution in [-0.2, 0) is 4.79 Å². The summed E-state index contributed by atoms with van der Waals surface area (Å²) >= 11 is 0. The largest absolute Gasteiger partial charge is 0.302 e. The van der Waals surface area contributed by atoms with Crippen molar-refractivity contribution in [2.45, 2.75) is 6.42 Å². The monoisotopic (exact) mass is 185 g/mol. The average molecular weight is 185 g/mol. The molecular formula is C10H7N3O. The number of hydrogen-bond donors (Lipinski definition) is 0. The van der Waals surface area contributed by atoms with E-state index in [0.29, 0.717) is 5.78 Å². The van der Waals surface area contributed by atoms with Gasteiger partial charge in [-0.05, 0) is 12.0 Å². The molecule has 0 atom stereocenters. The van der Waals surface area contributed by atoms with Crippen LogP contribution >= 0.6 is 0 Å². The van der Waals surface area contributed by atoms with Gasteiger partial charge in [-0.15, -0.1) is 0 Å². The minimum Gasteiger partial charge on any atom is -0.302 e. The summed E-state index contributed by atoms with van der Waals surface area (Å²) in [5.74, 6) is 6.18. The smallest absolute Gasteiger partial charge is 0.234 e. The van der Waals surface area contributed by atoms with Gasteiger partial charge in [0, 0.05) is 12.4 Å². The topological polar surface area (TPSA) is 47.3 Å². The summed E-state index contributed by atoms with van der Waals surface area (Å²) in [4.78, 5) is 18.2. The maximum atomic E-state index is 10.1. The first-order valence-electron chi connectivity index (χ1n) is 4.12. The van der Waals surface area contributed by atoms with Gasteiger partial charge in [0.1, 0.15) is 12.0 Å². The predicted molar refractivity (Wildman–Crippen MR) is 50.5 cm³/mol. The van der Waals surface area contributed by atoms with Gasteiger partial charge in [-0.2, -0.15) is 0 Å². The SMILES string of the molecule is O=CCC#Cc1cnc2ncccn12. The van der Waals surface area contributed by atoms with E-state index in [2.05, 4.69) is 21.8 Å². The molecular weight excluding hydrogens is 178 g/mol. The third kappa shape index (κ3) is 1.48. The highest BCUT2D eigenvalue weighted by molar-refractivity contribution is 5.54. The normalized spacial score (nSPS) is 9.43. The van der Waals surface area contributed by atoms with Crippen LogP contribution in [0.2, 0.25) is 0 Å². The molecule has 0 fully saturated rings. The molecule has 0 saturated carbocycles. The van der Waals surface area contributed by atoms with E-state index < -0.39 is 0 Å². The lowest BCUT2D eigenvalue weighted by Gasteiger charge is -1.90. The maximum absolute atomic E-state index is 10.1. The first-order chi connectivity index (χ1) is 6.92. The molecule has 0 aliphatic carbocycles. The van der Waals surface area contributed by atoms with E-state index in [1.54, 1.807) is 22.9 Å². The van der Waals surface area contributed by atoms with Crippen LogP contribution in [0.15, 0.2) is 24.7 Å². The second-order valence-electron chi connectivity index (χ2n) is 2.61. The fourth-order valence-electron chi connectivity index (χ4n) is 1.10. The van der Waals surface area contributed by atoms with Crippen LogP contribution in [0.5, 0.6) is 0 Å². The summed E-state index contributed by atoms with van der Waals surface area (Å²) in [5, 5.41) is 0. The Labute approximate surface area is 80.6 Å². The van der Waals surface area contributed by atoms with E-state index in [1.807, 2.05) is 6.20 Å². The molecule has 0 N–H and O–H groups in total. The Kier molecular flexibility index (Phi) is 2.24. The Bertz CT molecular complexity index is 519. The first kappa shape index (κ1) is 8.45. The summed E-state index contributed by atoms with van der Waals surface area (Å²) in [7, 11) is 0. The van der Waals surface area contributed by atoms with Gasteiger partial charge < -0.3 is 4.79 Å². The van der Waals surface area contributed by atoms with Gasteiger partial charge in [0.15, 0.2) is 0 Å². The van der Waals surface area contributed by atoms with Crippen LogP contribution in [-0.4, -0.2) is 20.7 Å². The number of nitrogens with zero attached hydrogens (tertiary/aromatic N) is 3. The van der Waals surface area contributed by atoms with Crippen LogP contribution < -0.4 is 0 Å². The van der Waals surface area contributed by atoms with Crippen LogP contribution in [0, 0.1) is 11.8 Å². The molecule has 0 saturated heterocycles. The van der Waals surface area contributed by atoms with Gasteiger partial charge in [-0.1, -0.05) is 5.92 Å². The predicted octanol–water partition coefficient (Wildman–Crippen LogP) is 0.670. The third-order valence-corrected chi connectivity index (χ3v) is 1.69. The number of hydrogen-bond acceptors (Lipinski definition) is 3. The van der Waals surface area contributed by atoms with Crippen LogP contribution in [0.25, 0.3) is 5.78 Å². The summed E-state index contributed by atoms with van der Waals surface area (Å²) in [6, 6.07) is 1.81. The number of carbonyl (C=O) groups is 1. The molecule has 0 radical (unpaired) electrons. The lowest BCUT2D eigenvalue weighted by Crippen LogP contribution is -1.88. The van der Waals surface area contributed by atoms with Crippen molar-refractivity contribution in [2.24, 2.45) is 0 Å². The van der Waals surface area contributed by atoms with E-state index in [-0.39, 0.29) is 6.42 Å². The van der Waals surface area contributed by atoms with Crippen molar-refractivity contribution >= 4 is 12.1 Å². The average Bonchev–Trinajstić information content (AvgIpc) is 2.63. The van der Waals surface area contributed by atoms with E-state index in [0.717, 1.165) is 12.0 Å². The van der Waals surface area contributed by atoms with Crippen LogP contribution in [0.3, 0.4) is 0 Å². The van der Waals surface area contributed by atoms with Gasteiger partial charge >= 0.3 is 0 Å². The summed E-state index contributed by atoms with van der Waals surface area (Å²) < 4.78 is 1.78. The van der Waals surface area contributed by atoms with Crippen molar-refractivity contribution in [3.63, 3.8) is 0 Å². The van der Waals surface area contributed by atoms with Crippen molar-refractivity contribution < 1.29 is 4.79 Å². The molecule has 2 aromatic heterocycles. The van der Waals surface area contributed by atoms with E-state index >= 15 is 0 Å². The molecule has 4 heteroatoms. The number of imidazole rings is 1. The summed E-state index contributed by atoms with van der Waals surface area (Å²) in [6.07, 6.45) is 6.16. The zero-order chi connectivity index (χ0) is 9.80. The molecule has 4 nitrogen and oxygen atoms in total. The highest BCUT2D eigenvalue weighted by Gasteiger charge is 1.98. The summed E-state index contributed by atoms with van der Waals surface area (Å²) in [6.45, 7) is 0. The second kappa shape index (κ2) is 3.71. The minimum atomic E-state index is 0.244. The molecule has 2 aromatic rings. The quantitative estimate of drug-likeness (QED) is 0.484. The van der Waals surface area contributed by atoms with Crippen molar-refractivity contribution in [1.29, 1.82) is 0 Å². The van der Waals surface area contributed by atoms with Crippen molar-refractivity contribution in [3.05, 3.63) is 30.4 Å². The number of carbonyl (C=O) groups excluding carboxylic acids is 1. The highest BCUT2D eigenvalue weighted by atomic mass is 16.1. The molecule has 2 heterocycles. The molecule has 0 aromatic carbocycles. The molecule has 0 spiro atoms. The van der Waals surface area contributed by atoms with Gasteiger partial charge in [-0.25, -0.2) is 9.97 Å². The molecule has 0 bridgehead atoms. The number of aromatic nitrogens is 3. The standard InChI is InChI=1S/C10H7N3O/c14-7-2-1-4-9-8-12-10-11-5-3-6-13(9)10/h3,5-8H,2H2. The third-order valence-electron chi connectivity index (χ3n) is 1.69. The Morgan fingerprint density at radius 1 is 1.50 bits per heavy atom. The maximum Gasteiger partial charge on any atom is 0.234 e. The van der Waals surface area contributed by atoms with Gasteiger partial charge in [0.05, 0.1) is 12.6 Å².